The molecule has 3 rings (SSSR count). The Bertz CT molecular complexity index is 1030. The van der Waals surface area contributed by atoms with Gasteiger partial charge in [0, 0.05) is 37.1 Å². The molecule has 0 saturated carbocycles. The summed E-state index contributed by atoms with van der Waals surface area (Å²) in [4.78, 5) is 16.1. The minimum absolute atomic E-state index is 0.0863. The molecule has 3 aromatic heterocycles. The Morgan fingerprint density at radius 2 is 2.07 bits per heavy atom. The number of amides is 1. The number of halogens is 3. The lowest BCUT2D eigenvalue weighted by Crippen LogP contribution is -2.23. The Labute approximate surface area is 164 Å². The number of nitrogens with one attached hydrogen (secondary N) is 2. The molecule has 29 heavy (non-hydrogen) atoms. The van der Waals surface area contributed by atoms with E-state index in [-0.39, 0.29) is 18.1 Å². The Morgan fingerprint density at radius 3 is 2.72 bits per heavy atom. The Hall–Kier alpha value is -3.37. The fourth-order valence-electron chi connectivity index (χ4n) is 2.78. The van der Waals surface area contributed by atoms with Gasteiger partial charge in [0.15, 0.2) is 6.61 Å². The van der Waals surface area contributed by atoms with Crippen LogP contribution in [0.4, 0.5) is 13.2 Å². The predicted molar refractivity (Wildman–Crippen MR) is 97.2 cm³/mol. The van der Waals surface area contributed by atoms with Crippen LogP contribution in [0.25, 0.3) is 11.3 Å². The average Bonchev–Trinajstić information content (AvgIpc) is 3.22. The van der Waals surface area contributed by atoms with Crippen molar-refractivity contribution in [3.63, 3.8) is 0 Å². The van der Waals surface area contributed by atoms with Gasteiger partial charge in [0.05, 0.1) is 11.4 Å². The highest BCUT2D eigenvalue weighted by atomic mass is 19.4. The van der Waals surface area contributed by atoms with Gasteiger partial charge in [-0.1, -0.05) is 0 Å². The number of aromatic amines is 1. The molecule has 11 heteroatoms. The van der Waals surface area contributed by atoms with Crippen LogP contribution >= 0.6 is 0 Å². The number of nitrogens with zero attached hydrogens (tertiary/aromatic N) is 4. The van der Waals surface area contributed by atoms with Gasteiger partial charge in [-0.15, -0.1) is 0 Å². The number of aryl methyl sites for hydroxylation is 2. The molecule has 0 aliphatic rings. The van der Waals surface area contributed by atoms with Gasteiger partial charge in [-0.25, -0.2) is 4.98 Å². The molecular formula is C18H19F3N6O2. The van der Waals surface area contributed by atoms with Crippen LogP contribution in [-0.2, 0) is 13.6 Å². The van der Waals surface area contributed by atoms with E-state index in [4.69, 9.17) is 0 Å². The van der Waals surface area contributed by atoms with Gasteiger partial charge in [-0.3, -0.25) is 14.6 Å². The SMILES string of the molecule is Cc1nn(C)c(C)c1-c1cc(C(=O)NCc2ccnc(OCC(F)(F)F)c2)[nH]n1. The zero-order valence-electron chi connectivity index (χ0n) is 16.0. The van der Waals surface area contributed by atoms with Gasteiger partial charge < -0.3 is 10.1 Å². The van der Waals surface area contributed by atoms with Gasteiger partial charge in [0.1, 0.15) is 5.69 Å². The summed E-state index contributed by atoms with van der Waals surface area (Å²) in [5.41, 5.74) is 3.97. The van der Waals surface area contributed by atoms with Crippen molar-refractivity contribution in [1.82, 2.24) is 30.3 Å². The fourth-order valence-corrected chi connectivity index (χ4v) is 2.78. The van der Waals surface area contributed by atoms with E-state index in [0.29, 0.717) is 11.3 Å². The molecule has 3 heterocycles. The zero-order chi connectivity index (χ0) is 21.2. The third kappa shape index (κ3) is 4.92. The van der Waals surface area contributed by atoms with E-state index in [0.717, 1.165) is 17.0 Å². The Kier molecular flexibility index (Phi) is 5.57. The lowest BCUT2D eigenvalue weighted by atomic mass is 10.1. The van der Waals surface area contributed by atoms with Crippen molar-refractivity contribution in [2.45, 2.75) is 26.6 Å². The van der Waals surface area contributed by atoms with Crippen molar-refractivity contribution in [3.05, 3.63) is 47.0 Å². The van der Waals surface area contributed by atoms with Crippen LogP contribution in [0.2, 0.25) is 0 Å². The van der Waals surface area contributed by atoms with E-state index in [1.54, 1.807) is 16.8 Å². The molecule has 154 valence electrons. The molecule has 0 atom stereocenters. The fraction of sp³-hybridized carbons (Fsp3) is 0.333. The van der Waals surface area contributed by atoms with Crippen LogP contribution in [0.3, 0.4) is 0 Å². The minimum Gasteiger partial charge on any atom is -0.468 e. The number of ether oxygens (including phenoxy) is 1. The van der Waals surface area contributed by atoms with Gasteiger partial charge in [-0.05, 0) is 31.5 Å². The highest BCUT2D eigenvalue weighted by Crippen LogP contribution is 2.25. The van der Waals surface area contributed by atoms with E-state index in [1.807, 2.05) is 20.9 Å². The van der Waals surface area contributed by atoms with Crippen molar-refractivity contribution < 1.29 is 22.7 Å². The molecule has 0 saturated heterocycles. The Balaban J connectivity index is 1.64. The topological polar surface area (TPSA) is 97.7 Å². The van der Waals surface area contributed by atoms with Crippen molar-refractivity contribution >= 4 is 5.91 Å². The van der Waals surface area contributed by atoms with Gasteiger partial charge in [0.2, 0.25) is 5.88 Å². The number of rotatable bonds is 6. The maximum Gasteiger partial charge on any atom is 0.422 e. The molecule has 0 spiro atoms. The predicted octanol–water partition coefficient (Wildman–Crippen LogP) is 2.69. The number of pyridine rings is 1. The standard InChI is InChI=1S/C18H19F3N6O2/c1-10-16(11(2)27(3)26-10)13-7-14(25-24-13)17(28)23-8-12-4-5-22-15(6-12)29-9-18(19,20)21/h4-7H,8-9H2,1-3H3,(H,23,28)(H,24,25). The second kappa shape index (κ2) is 7.94. The van der Waals surface area contributed by atoms with Gasteiger partial charge >= 0.3 is 6.18 Å². The van der Waals surface area contributed by atoms with E-state index in [2.05, 4.69) is 30.3 Å². The summed E-state index contributed by atoms with van der Waals surface area (Å²) in [5, 5.41) is 13.9. The molecular weight excluding hydrogens is 389 g/mol. The van der Waals surface area contributed by atoms with E-state index in [1.165, 1.54) is 12.3 Å². The maximum atomic E-state index is 12.4. The quantitative estimate of drug-likeness (QED) is 0.654. The molecule has 0 aliphatic heterocycles. The maximum absolute atomic E-state index is 12.4. The van der Waals surface area contributed by atoms with Crippen molar-refractivity contribution in [1.29, 1.82) is 0 Å². The van der Waals surface area contributed by atoms with Crippen molar-refractivity contribution in [2.75, 3.05) is 6.61 Å². The first-order valence-corrected chi connectivity index (χ1v) is 8.62. The van der Waals surface area contributed by atoms with Crippen molar-refractivity contribution in [2.24, 2.45) is 7.05 Å². The number of aromatic nitrogens is 5. The van der Waals surface area contributed by atoms with E-state index >= 15 is 0 Å². The summed E-state index contributed by atoms with van der Waals surface area (Å²) in [7, 11) is 1.83. The first-order chi connectivity index (χ1) is 13.6. The van der Waals surface area contributed by atoms with Crippen LogP contribution < -0.4 is 10.1 Å². The first-order valence-electron chi connectivity index (χ1n) is 8.62. The molecule has 8 nitrogen and oxygen atoms in total. The summed E-state index contributed by atoms with van der Waals surface area (Å²) >= 11 is 0. The molecule has 0 radical (unpaired) electrons. The lowest BCUT2D eigenvalue weighted by Gasteiger charge is -2.09. The van der Waals surface area contributed by atoms with Crippen LogP contribution in [0.15, 0.2) is 24.4 Å². The smallest absolute Gasteiger partial charge is 0.422 e. The lowest BCUT2D eigenvalue weighted by molar-refractivity contribution is -0.154. The molecule has 0 fully saturated rings. The molecule has 0 aromatic carbocycles. The molecule has 3 aromatic rings. The summed E-state index contributed by atoms with van der Waals surface area (Å²) < 4.78 is 43.0. The number of hydrogen-bond donors (Lipinski definition) is 2. The highest BCUT2D eigenvalue weighted by Gasteiger charge is 2.28. The average molecular weight is 408 g/mol. The number of alkyl halides is 3. The van der Waals surface area contributed by atoms with Crippen LogP contribution in [0, 0.1) is 13.8 Å². The van der Waals surface area contributed by atoms with Crippen LogP contribution in [-0.4, -0.2) is 43.7 Å². The van der Waals surface area contributed by atoms with Gasteiger partial charge in [-0.2, -0.15) is 23.4 Å². The molecule has 2 N–H and O–H groups in total. The second-order valence-corrected chi connectivity index (χ2v) is 6.43. The number of H-pyrrole nitrogens is 1. The molecule has 0 aliphatic carbocycles. The largest absolute Gasteiger partial charge is 0.468 e. The van der Waals surface area contributed by atoms with Crippen molar-refractivity contribution in [3.8, 4) is 17.1 Å². The summed E-state index contributed by atoms with van der Waals surface area (Å²) in [6.45, 7) is 2.42. The van der Waals surface area contributed by atoms with Crippen LogP contribution in [0.1, 0.15) is 27.4 Å². The summed E-state index contributed by atoms with van der Waals surface area (Å²) in [6.07, 6.45) is -3.13. The molecule has 1 amide bonds. The van der Waals surface area contributed by atoms with Gasteiger partial charge in [0.25, 0.3) is 5.91 Å². The third-order valence-electron chi connectivity index (χ3n) is 4.22. The summed E-state index contributed by atoms with van der Waals surface area (Å²) in [5.74, 6) is -0.571. The van der Waals surface area contributed by atoms with E-state index < -0.39 is 18.7 Å². The third-order valence-corrected chi connectivity index (χ3v) is 4.22. The Morgan fingerprint density at radius 1 is 1.31 bits per heavy atom. The highest BCUT2D eigenvalue weighted by molar-refractivity contribution is 5.93. The first kappa shape index (κ1) is 20.4. The number of carbonyl (C=O) groups excluding carboxylic acids is 1. The second-order valence-electron chi connectivity index (χ2n) is 6.43. The molecule has 0 bridgehead atoms. The normalized spacial score (nSPS) is 11.5. The number of hydrogen-bond acceptors (Lipinski definition) is 5. The van der Waals surface area contributed by atoms with E-state index in [9.17, 15) is 18.0 Å². The summed E-state index contributed by atoms with van der Waals surface area (Å²) in [6, 6.07) is 4.53. The number of carbonyl (C=O) groups is 1. The monoisotopic (exact) mass is 408 g/mol. The molecule has 0 unspecified atom stereocenters. The minimum atomic E-state index is -4.45. The van der Waals surface area contributed by atoms with Crippen LogP contribution in [0.5, 0.6) is 5.88 Å². The zero-order valence-corrected chi connectivity index (χ0v) is 16.0.